The van der Waals surface area contributed by atoms with Crippen LogP contribution in [-0.2, 0) is 20.1 Å². The van der Waals surface area contributed by atoms with Gasteiger partial charge in [0.1, 0.15) is 0 Å². The Labute approximate surface area is 383 Å². The monoisotopic (exact) mass is 1000 g/mol. The van der Waals surface area contributed by atoms with E-state index in [1.165, 1.54) is 27.9 Å². The van der Waals surface area contributed by atoms with Gasteiger partial charge in [-0.3, -0.25) is 13.8 Å². The van der Waals surface area contributed by atoms with Gasteiger partial charge in [-0.15, -0.1) is 47.5 Å². The van der Waals surface area contributed by atoms with Crippen LogP contribution in [0.5, 0.6) is 0 Å². The van der Waals surface area contributed by atoms with Crippen LogP contribution in [0.1, 0.15) is 60.2 Å². The normalized spacial score (nSPS) is 13.7. The van der Waals surface area contributed by atoms with Gasteiger partial charge in [0.2, 0.25) is 0 Å². The summed E-state index contributed by atoms with van der Waals surface area (Å²) in [6.45, 7) is 15.7. The number of nitrogens with zero attached hydrogens (tertiary/aromatic N) is 4. The van der Waals surface area contributed by atoms with Crippen molar-refractivity contribution in [1.82, 2.24) is 9.55 Å². The summed E-state index contributed by atoms with van der Waals surface area (Å²) in [6, 6.07) is 19.8. The third kappa shape index (κ3) is 9.83. The van der Waals surface area contributed by atoms with Crippen LogP contribution in [-0.4, -0.2) is 21.6 Å². The Morgan fingerprint density at radius 3 is 1.87 bits per heavy atom. The molecule has 0 fully saturated rings. The summed E-state index contributed by atoms with van der Waals surface area (Å²) in [6.07, 6.45) is -0.651. The van der Waals surface area contributed by atoms with Crippen LogP contribution >= 0.6 is 0 Å². The fraction of sp³-hybridized carbons (Fsp3) is 0.135. The standard InChI is InChI=1S/C19H23N3.C17H10F2.C16H10F2N.Ir/c1-13(2)20-19(21-14(3)4)22-17-11-7-5-9-15(17)16-10-6-8-12-18(16)22;1-11-6-7-12-4-2-3-5-14(12)17(11)15-9-8-13(18)10-16(15)19;1-10-8-12(17)9-14(18)15(10)16-13-5-3-2-4-11(13)6-7-19-16;/h5-14,19H,1-4H3;2-8,10H,1H2;2-9H,1H2;/q2*-2;-1;/i;2D,3D,4D,5D,6D,7D;2D,3D,5D,6D,7D;. The van der Waals surface area contributed by atoms with Gasteiger partial charge in [-0.05, 0) is 41.8 Å². The van der Waals surface area contributed by atoms with Gasteiger partial charge in [0.05, 0.1) is 24.0 Å². The van der Waals surface area contributed by atoms with Crippen molar-refractivity contribution < 1.29 is 52.7 Å². The van der Waals surface area contributed by atoms with Crippen molar-refractivity contribution in [3.63, 3.8) is 0 Å². The van der Waals surface area contributed by atoms with Crippen molar-refractivity contribution in [2.24, 2.45) is 0 Å². The summed E-state index contributed by atoms with van der Waals surface area (Å²) in [5.74, 6) is -3.65. The van der Waals surface area contributed by atoms with Crippen molar-refractivity contribution in [3.05, 3.63) is 210 Å². The molecular weight excluding hydrogens is 949 g/mol. The summed E-state index contributed by atoms with van der Waals surface area (Å²) >= 11 is 0. The molecule has 61 heavy (non-hydrogen) atoms. The minimum Gasteiger partial charge on any atom is -0.658 e. The molecule has 0 spiro atoms. The van der Waals surface area contributed by atoms with Crippen molar-refractivity contribution in [2.45, 2.75) is 46.1 Å². The van der Waals surface area contributed by atoms with E-state index in [1.54, 1.807) is 0 Å². The van der Waals surface area contributed by atoms with Crippen molar-refractivity contribution in [1.29, 1.82) is 0 Å². The molecule has 2 aromatic heterocycles. The molecule has 9 rings (SSSR count). The van der Waals surface area contributed by atoms with E-state index in [-0.39, 0.29) is 106 Å². The first-order valence-electron chi connectivity index (χ1n) is 24.2. The first kappa shape index (κ1) is 31.8. The Morgan fingerprint density at radius 2 is 1.23 bits per heavy atom. The SMILES string of the molecule is CC(C)[N-]C([N-]C(C)C)n1c2ccccc2c2ccccc21.[2H]c1c([2H])c([2H])c2c(-c3[c-]cc(F)cc3F)c([CH2-])c([2H])c([2H])c2c1[2H].[2H]c1cc2c([2H])c([2H])nc(-c3c([CH2-])cc(F)cc3F)c2c([2H])c1[2H].[Ir]. The number of rotatable bonds is 7. The zero-order valence-corrected chi connectivity index (χ0v) is 35.7. The average Bonchev–Trinajstić information content (AvgIpc) is 3.64. The predicted molar refractivity (Wildman–Crippen MR) is 240 cm³/mol. The molecule has 2 heterocycles. The molecular formula is C52H43F4IrN4-5. The Hall–Kier alpha value is -5.96. The summed E-state index contributed by atoms with van der Waals surface area (Å²) in [5.41, 5.74) is 1.55. The van der Waals surface area contributed by atoms with Crippen LogP contribution in [0.3, 0.4) is 0 Å². The maximum atomic E-state index is 14.3. The number of halogens is 4. The van der Waals surface area contributed by atoms with Crippen LogP contribution in [0.4, 0.5) is 17.6 Å². The molecule has 0 N–H and O–H groups in total. The average molecular weight is 1000 g/mol. The minimum absolute atomic E-state index is 0. The fourth-order valence-electron chi connectivity index (χ4n) is 6.67. The topological polar surface area (TPSA) is 46.0 Å². The van der Waals surface area contributed by atoms with Crippen molar-refractivity contribution >= 4 is 43.4 Å². The van der Waals surface area contributed by atoms with Crippen LogP contribution in [0.25, 0.3) is 76.4 Å². The zero-order valence-electron chi connectivity index (χ0n) is 44.3. The number of pyridine rings is 1. The van der Waals surface area contributed by atoms with Gasteiger partial charge in [-0.2, -0.15) is 37.3 Å². The molecule has 0 aliphatic rings. The summed E-state index contributed by atoms with van der Waals surface area (Å²) in [5, 5.41) is 11.9. The van der Waals surface area contributed by atoms with E-state index < -0.39 is 77.8 Å². The molecule has 1 radical (unpaired) electrons. The minimum atomic E-state index is -1.00. The largest absolute Gasteiger partial charge is 0.658 e. The van der Waals surface area contributed by atoms with Crippen molar-refractivity contribution in [3.8, 4) is 22.4 Å². The van der Waals surface area contributed by atoms with E-state index in [0.29, 0.717) is 12.1 Å². The molecule has 0 unspecified atom stereocenters. The summed E-state index contributed by atoms with van der Waals surface area (Å²) in [4.78, 5) is 3.87. The number of benzene rings is 7. The third-order valence-corrected chi connectivity index (χ3v) is 9.11. The van der Waals surface area contributed by atoms with Gasteiger partial charge in [0.15, 0.2) is 0 Å². The second-order valence-electron chi connectivity index (χ2n) is 14.1. The maximum Gasteiger partial charge on any atom is 0.0840 e. The molecule has 0 saturated carbocycles. The Bertz CT molecular complexity index is 3480. The van der Waals surface area contributed by atoms with Crippen LogP contribution < -0.4 is 0 Å². The molecule has 0 saturated heterocycles. The molecule has 0 aliphatic heterocycles. The first-order valence-corrected chi connectivity index (χ1v) is 18.7. The van der Waals surface area contributed by atoms with Gasteiger partial charge >= 0.3 is 0 Å². The fourth-order valence-corrected chi connectivity index (χ4v) is 6.67. The Balaban J connectivity index is 0.000000176. The van der Waals surface area contributed by atoms with E-state index >= 15 is 0 Å². The van der Waals surface area contributed by atoms with Gasteiger partial charge in [0, 0.05) is 66.8 Å². The molecule has 4 nitrogen and oxygen atoms in total. The molecule has 9 heteroatoms. The molecule has 0 aliphatic carbocycles. The van der Waals surface area contributed by atoms with E-state index in [9.17, 15) is 17.6 Å². The van der Waals surface area contributed by atoms with E-state index in [2.05, 4.69) is 106 Å². The van der Waals surface area contributed by atoms with Gasteiger partial charge in [0.25, 0.3) is 0 Å². The molecule has 0 atom stereocenters. The number of hydrogen-bond acceptors (Lipinski definition) is 1. The van der Waals surface area contributed by atoms with Crippen LogP contribution in [0, 0.1) is 43.2 Å². The molecule has 313 valence electrons. The Morgan fingerprint density at radius 1 is 0.623 bits per heavy atom. The van der Waals surface area contributed by atoms with Crippen LogP contribution in [0.2, 0.25) is 0 Å². The number of para-hydroxylation sites is 2. The first-order chi connectivity index (χ1) is 33.5. The van der Waals surface area contributed by atoms with Gasteiger partial charge < -0.3 is 15.2 Å². The molecule has 7 aromatic carbocycles. The second-order valence-corrected chi connectivity index (χ2v) is 14.1. The molecule has 0 bridgehead atoms. The second kappa shape index (κ2) is 19.6. The quantitative estimate of drug-likeness (QED) is 0.116. The maximum absolute atomic E-state index is 14.3. The number of hydrogen-bond donors (Lipinski definition) is 0. The van der Waals surface area contributed by atoms with Gasteiger partial charge in [-0.1, -0.05) is 129 Å². The van der Waals surface area contributed by atoms with Crippen molar-refractivity contribution in [2.75, 3.05) is 0 Å². The van der Waals surface area contributed by atoms with E-state index in [4.69, 9.17) is 25.7 Å². The molecule has 0 amide bonds. The van der Waals surface area contributed by atoms with Crippen LogP contribution in [0.15, 0.2) is 145 Å². The third-order valence-electron chi connectivity index (χ3n) is 9.11. The molecule has 9 aromatic rings. The number of fused-ring (bicyclic) bond motifs is 5. The van der Waals surface area contributed by atoms with Gasteiger partial charge in [-0.25, -0.2) is 8.78 Å². The van der Waals surface area contributed by atoms with E-state index in [0.717, 1.165) is 12.1 Å². The summed E-state index contributed by atoms with van der Waals surface area (Å²) in [7, 11) is 0. The Kier molecular flexibility index (Phi) is 10.2. The summed E-state index contributed by atoms with van der Waals surface area (Å²) < 4.78 is 144. The predicted octanol–water partition coefficient (Wildman–Crippen LogP) is 14.9. The van der Waals surface area contributed by atoms with E-state index in [1.807, 2.05) is 0 Å². The zero-order chi connectivity index (χ0) is 52.1. The number of aromatic nitrogens is 2. The smallest absolute Gasteiger partial charge is 0.0840 e.